The number of carbonyl (C=O) groups is 2. The molecule has 0 aliphatic carbocycles. The minimum absolute atomic E-state index is 0.0857. The van der Waals surface area contributed by atoms with Crippen molar-refractivity contribution in [3.8, 4) is 0 Å². The zero-order valence-electron chi connectivity index (χ0n) is 9.19. The lowest BCUT2D eigenvalue weighted by Gasteiger charge is -1.99. The van der Waals surface area contributed by atoms with E-state index in [0.717, 1.165) is 25.7 Å². The molecule has 4 nitrogen and oxygen atoms in total. The van der Waals surface area contributed by atoms with Crippen molar-refractivity contribution in [3.05, 3.63) is 24.3 Å². The van der Waals surface area contributed by atoms with Crippen LogP contribution in [-0.2, 0) is 19.4 Å². The Labute approximate surface area is 94.8 Å². The topological polar surface area (TPSA) is 52.6 Å². The Morgan fingerprint density at radius 1 is 1.00 bits per heavy atom. The highest BCUT2D eigenvalue weighted by molar-refractivity contribution is 5.89. The summed E-state index contributed by atoms with van der Waals surface area (Å²) in [5.74, 6) is -0.431. The van der Waals surface area contributed by atoms with Crippen molar-refractivity contribution < 1.29 is 19.4 Å². The molecule has 0 aromatic carbocycles. The van der Waals surface area contributed by atoms with Crippen LogP contribution in [-0.4, -0.2) is 18.4 Å². The number of carbonyl (C=O) groups excluding carboxylic acids is 2. The van der Waals surface area contributed by atoms with Crippen molar-refractivity contribution in [2.75, 3.05) is 6.61 Å². The number of hydrogen-bond acceptors (Lipinski definition) is 4. The molecule has 1 rings (SSSR count). The van der Waals surface area contributed by atoms with Gasteiger partial charge in [-0.15, -0.1) is 0 Å². The number of allylic oxidation sites excluding steroid dienone is 2. The van der Waals surface area contributed by atoms with Crippen molar-refractivity contribution in [2.45, 2.75) is 32.1 Å². The maximum atomic E-state index is 11.3. The second-order valence-electron chi connectivity index (χ2n) is 3.56. The highest BCUT2D eigenvalue weighted by atomic mass is 17.2. The molecule has 0 bridgehead atoms. The number of rotatable bonds is 0. The Bertz CT molecular complexity index is 291. The van der Waals surface area contributed by atoms with Gasteiger partial charge in [-0.25, -0.2) is 4.79 Å². The Kier molecular flexibility index (Phi) is 6.18. The minimum atomic E-state index is -0.517. The molecule has 1 heterocycles. The second-order valence-corrected chi connectivity index (χ2v) is 3.56. The van der Waals surface area contributed by atoms with E-state index in [1.807, 2.05) is 0 Å². The van der Waals surface area contributed by atoms with E-state index in [9.17, 15) is 9.59 Å². The summed E-state index contributed by atoms with van der Waals surface area (Å²) >= 11 is 0. The van der Waals surface area contributed by atoms with Crippen molar-refractivity contribution in [3.63, 3.8) is 0 Å². The first kappa shape index (κ1) is 12.6. The molecule has 0 fully saturated rings. The molecule has 1 aliphatic rings. The maximum absolute atomic E-state index is 11.3. The van der Waals surface area contributed by atoms with Gasteiger partial charge in [-0.3, -0.25) is 9.68 Å². The van der Waals surface area contributed by atoms with Gasteiger partial charge in [0.15, 0.2) is 5.78 Å². The van der Waals surface area contributed by atoms with Crippen LogP contribution in [0, 0.1) is 0 Å². The SMILES string of the molecule is O=C1/C=C\COOC(=O)/C=C\CCCCC1. The first-order chi connectivity index (χ1) is 7.79. The van der Waals surface area contributed by atoms with E-state index < -0.39 is 5.97 Å². The standard InChI is InChI=1S/C12H16O4/c13-11-7-4-2-1-3-5-9-12(14)16-15-10-6-8-11/h5-6,8-9H,1-4,7,10H2/b8-6-,9-5-. The summed E-state index contributed by atoms with van der Waals surface area (Å²) in [4.78, 5) is 31.3. The van der Waals surface area contributed by atoms with Crippen LogP contribution in [0.25, 0.3) is 0 Å². The first-order valence-electron chi connectivity index (χ1n) is 5.48. The molecule has 16 heavy (non-hydrogen) atoms. The van der Waals surface area contributed by atoms with Crippen molar-refractivity contribution in [1.82, 2.24) is 0 Å². The lowest BCUT2D eigenvalue weighted by atomic mass is 10.1. The Balaban J connectivity index is 2.41. The molecule has 0 atom stereocenters. The average Bonchev–Trinajstić information content (AvgIpc) is 2.26. The summed E-state index contributed by atoms with van der Waals surface area (Å²) in [6.45, 7) is 0.103. The van der Waals surface area contributed by atoms with Crippen molar-refractivity contribution in [1.29, 1.82) is 0 Å². The molecule has 4 heteroatoms. The van der Waals surface area contributed by atoms with E-state index in [4.69, 9.17) is 0 Å². The minimum Gasteiger partial charge on any atom is -0.295 e. The van der Waals surface area contributed by atoms with Gasteiger partial charge in [-0.2, -0.15) is 4.89 Å². The molecular weight excluding hydrogens is 208 g/mol. The van der Waals surface area contributed by atoms with E-state index in [1.165, 1.54) is 12.2 Å². The van der Waals surface area contributed by atoms with E-state index in [-0.39, 0.29) is 12.4 Å². The molecule has 1 aliphatic heterocycles. The van der Waals surface area contributed by atoms with Gasteiger partial charge in [-0.05, 0) is 25.3 Å². The fraction of sp³-hybridized carbons (Fsp3) is 0.500. The summed E-state index contributed by atoms with van der Waals surface area (Å²) in [6.07, 6.45) is 10.4. The predicted octanol–water partition coefficient (Wildman–Crippen LogP) is 2.11. The molecule has 0 aromatic rings. The van der Waals surface area contributed by atoms with E-state index in [1.54, 1.807) is 12.2 Å². The van der Waals surface area contributed by atoms with Gasteiger partial charge in [0, 0.05) is 12.5 Å². The van der Waals surface area contributed by atoms with Gasteiger partial charge in [-0.1, -0.05) is 18.6 Å². The van der Waals surface area contributed by atoms with E-state index in [0.29, 0.717) is 6.42 Å². The molecule has 0 spiro atoms. The van der Waals surface area contributed by atoms with Crippen molar-refractivity contribution in [2.24, 2.45) is 0 Å². The van der Waals surface area contributed by atoms with Crippen molar-refractivity contribution >= 4 is 11.8 Å². The van der Waals surface area contributed by atoms with E-state index >= 15 is 0 Å². The summed E-state index contributed by atoms with van der Waals surface area (Å²) in [6, 6.07) is 0. The van der Waals surface area contributed by atoms with Crippen LogP contribution < -0.4 is 0 Å². The second kappa shape index (κ2) is 7.82. The highest BCUT2D eigenvalue weighted by Crippen LogP contribution is 2.05. The molecule has 88 valence electrons. The van der Waals surface area contributed by atoms with E-state index in [2.05, 4.69) is 9.78 Å². The quantitative estimate of drug-likeness (QED) is 0.591. The third-order valence-corrected chi connectivity index (χ3v) is 2.16. The molecule has 0 aromatic heterocycles. The molecule has 0 amide bonds. The molecule has 0 N–H and O–H groups in total. The fourth-order valence-electron chi connectivity index (χ4n) is 1.34. The normalized spacial score (nSPS) is 24.2. The lowest BCUT2D eigenvalue weighted by Crippen LogP contribution is -2.02. The Morgan fingerprint density at radius 2 is 1.88 bits per heavy atom. The summed E-state index contributed by atoms with van der Waals surface area (Å²) in [5, 5.41) is 0. The van der Waals surface area contributed by atoms with Gasteiger partial charge in [0.1, 0.15) is 6.61 Å². The summed E-state index contributed by atoms with van der Waals surface area (Å²) in [5.41, 5.74) is 0. The third-order valence-electron chi connectivity index (χ3n) is 2.16. The van der Waals surface area contributed by atoms with Crippen LogP contribution in [0.1, 0.15) is 32.1 Å². The first-order valence-corrected chi connectivity index (χ1v) is 5.48. The smallest absolute Gasteiger partial charge is 0.295 e. The van der Waals surface area contributed by atoms with Crippen LogP contribution in [0.3, 0.4) is 0 Å². The summed E-state index contributed by atoms with van der Waals surface area (Å²) < 4.78 is 0. The van der Waals surface area contributed by atoms with Crippen LogP contribution in [0.5, 0.6) is 0 Å². The summed E-state index contributed by atoms with van der Waals surface area (Å²) in [7, 11) is 0. The largest absolute Gasteiger partial charge is 0.365 e. The van der Waals surface area contributed by atoms with Gasteiger partial charge in [0.25, 0.3) is 0 Å². The fourth-order valence-corrected chi connectivity index (χ4v) is 1.34. The van der Waals surface area contributed by atoms with Gasteiger partial charge in [0.2, 0.25) is 0 Å². The van der Waals surface area contributed by atoms with Crippen LogP contribution in [0.2, 0.25) is 0 Å². The average molecular weight is 224 g/mol. The Morgan fingerprint density at radius 3 is 2.75 bits per heavy atom. The monoisotopic (exact) mass is 224 g/mol. The third kappa shape index (κ3) is 6.14. The number of ketones is 1. The highest BCUT2D eigenvalue weighted by Gasteiger charge is 1.99. The van der Waals surface area contributed by atoms with Gasteiger partial charge < -0.3 is 0 Å². The van der Waals surface area contributed by atoms with Gasteiger partial charge >= 0.3 is 5.97 Å². The van der Waals surface area contributed by atoms with Gasteiger partial charge in [0.05, 0.1) is 0 Å². The Hall–Kier alpha value is -1.42. The zero-order chi connectivity index (χ0) is 11.6. The molecule has 0 saturated carbocycles. The molecule has 0 saturated heterocycles. The molecule has 0 unspecified atom stereocenters. The van der Waals surface area contributed by atoms with Crippen LogP contribution in [0.15, 0.2) is 24.3 Å². The van der Waals surface area contributed by atoms with Crippen LogP contribution in [0.4, 0.5) is 0 Å². The maximum Gasteiger partial charge on any atom is 0.365 e. The molecule has 0 radical (unpaired) electrons. The lowest BCUT2D eigenvalue weighted by molar-refractivity contribution is -0.260. The zero-order valence-corrected chi connectivity index (χ0v) is 9.19. The number of hydrogen-bond donors (Lipinski definition) is 0. The van der Waals surface area contributed by atoms with Crippen LogP contribution >= 0.6 is 0 Å². The predicted molar refractivity (Wildman–Crippen MR) is 58.4 cm³/mol. The molecular formula is C12H16O4.